The van der Waals surface area contributed by atoms with Crippen molar-refractivity contribution in [2.24, 2.45) is 0 Å². The SMILES string of the molecule is COc1ccc(CCc2cc(=O)c3c(o2)[C@@H](Cl)[C@@H](O)[C@H](O)[C@H]3O)cc1O. The Hall–Kier alpha value is -2.06. The highest BCUT2D eigenvalue weighted by Crippen LogP contribution is 2.39. The molecule has 1 aromatic heterocycles. The monoisotopic (exact) mass is 382 g/mol. The third-order valence-electron chi connectivity index (χ3n) is 4.49. The first-order chi connectivity index (χ1) is 12.3. The number of phenols is 1. The summed E-state index contributed by atoms with van der Waals surface area (Å²) in [6.07, 6.45) is -3.75. The van der Waals surface area contributed by atoms with Crippen LogP contribution >= 0.6 is 11.6 Å². The van der Waals surface area contributed by atoms with Crippen LogP contribution in [-0.2, 0) is 12.8 Å². The van der Waals surface area contributed by atoms with Crippen LogP contribution in [0.25, 0.3) is 0 Å². The van der Waals surface area contributed by atoms with Gasteiger partial charge in [-0.1, -0.05) is 6.07 Å². The molecule has 0 bridgehead atoms. The summed E-state index contributed by atoms with van der Waals surface area (Å²) in [7, 11) is 1.46. The fraction of sp³-hybridized carbons (Fsp3) is 0.389. The van der Waals surface area contributed by atoms with Crippen LogP contribution in [0, 0.1) is 0 Å². The molecule has 0 saturated heterocycles. The van der Waals surface area contributed by atoms with Crippen molar-refractivity contribution in [3.05, 3.63) is 57.1 Å². The molecule has 0 amide bonds. The van der Waals surface area contributed by atoms with Gasteiger partial charge in [-0.05, 0) is 24.1 Å². The number of aliphatic hydroxyl groups excluding tert-OH is 3. The van der Waals surface area contributed by atoms with E-state index in [0.29, 0.717) is 24.4 Å². The van der Waals surface area contributed by atoms with Crippen LogP contribution in [0.3, 0.4) is 0 Å². The van der Waals surface area contributed by atoms with E-state index in [-0.39, 0.29) is 17.1 Å². The van der Waals surface area contributed by atoms with Gasteiger partial charge in [-0.3, -0.25) is 4.79 Å². The summed E-state index contributed by atoms with van der Waals surface area (Å²) in [6.45, 7) is 0. The fourth-order valence-electron chi connectivity index (χ4n) is 3.03. The zero-order valence-electron chi connectivity index (χ0n) is 13.9. The molecule has 0 saturated carbocycles. The Morgan fingerprint density at radius 2 is 1.88 bits per heavy atom. The van der Waals surface area contributed by atoms with Gasteiger partial charge in [-0.2, -0.15) is 0 Å². The van der Waals surface area contributed by atoms with E-state index >= 15 is 0 Å². The van der Waals surface area contributed by atoms with Crippen LogP contribution in [0.15, 0.2) is 33.5 Å². The number of phenolic OH excluding ortho intramolecular Hbond substituents is 1. The number of hydrogen-bond acceptors (Lipinski definition) is 7. The largest absolute Gasteiger partial charge is 0.504 e. The summed E-state index contributed by atoms with van der Waals surface area (Å²) >= 11 is 6.07. The molecule has 1 aliphatic carbocycles. The second-order valence-corrected chi connectivity index (χ2v) is 6.66. The maximum Gasteiger partial charge on any atom is 0.191 e. The molecule has 8 heteroatoms. The minimum atomic E-state index is -1.56. The summed E-state index contributed by atoms with van der Waals surface area (Å²) in [5, 5.41) is 38.4. The lowest BCUT2D eigenvalue weighted by Crippen LogP contribution is -2.42. The number of aromatic hydroxyl groups is 1. The van der Waals surface area contributed by atoms with Crippen molar-refractivity contribution in [3.63, 3.8) is 0 Å². The van der Waals surface area contributed by atoms with Crippen molar-refractivity contribution in [3.8, 4) is 11.5 Å². The van der Waals surface area contributed by atoms with Crippen molar-refractivity contribution >= 4 is 11.6 Å². The van der Waals surface area contributed by atoms with Gasteiger partial charge in [0.2, 0.25) is 0 Å². The smallest absolute Gasteiger partial charge is 0.191 e. The Balaban J connectivity index is 1.86. The summed E-state index contributed by atoms with van der Waals surface area (Å²) in [5.41, 5.74) is 0.165. The first-order valence-corrected chi connectivity index (χ1v) is 8.48. The Morgan fingerprint density at radius 3 is 2.54 bits per heavy atom. The molecule has 0 spiro atoms. The van der Waals surface area contributed by atoms with Crippen molar-refractivity contribution in [1.29, 1.82) is 0 Å². The highest BCUT2D eigenvalue weighted by atomic mass is 35.5. The second-order valence-electron chi connectivity index (χ2n) is 6.19. The fourth-order valence-corrected chi connectivity index (χ4v) is 3.35. The molecule has 2 aromatic rings. The summed E-state index contributed by atoms with van der Waals surface area (Å²) in [4.78, 5) is 12.3. The molecular formula is C18H19ClO7. The Bertz CT molecular complexity index is 863. The van der Waals surface area contributed by atoms with E-state index in [1.807, 2.05) is 0 Å². The number of methoxy groups -OCH3 is 1. The van der Waals surface area contributed by atoms with Crippen LogP contribution in [0.2, 0.25) is 0 Å². The van der Waals surface area contributed by atoms with Crippen molar-refractivity contribution in [2.45, 2.75) is 36.5 Å². The molecular weight excluding hydrogens is 364 g/mol. The topological polar surface area (TPSA) is 120 Å². The molecule has 0 fully saturated rings. The molecule has 0 aliphatic heterocycles. The van der Waals surface area contributed by atoms with E-state index in [2.05, 4.69) is 0 Å². The van der Waals surface area contributed by atoms with Crippen LogP contribution in [-0.4, -0.2) is 39.7 Å². The number of halogens is 1. The van der Waals surface area contributed by atoms with Crippen molar-refractivity contribution < 1.29 is 29.6 Å². The molecule has 1 heterocycles. The number of alkyl halides is 1. The normalized spacial score (nSPS) is 25.0. The molecule has 7 nitrogen and oxygen atoms in total. The Kier molecular flexibility index (Phi) is 5.24. The van der Waals surface area contributed by atoms with E-state index < -0.39 is 29.1 Å². The highest BCUT2D eigenvalue weighted by Gasteiger charge is 2.43. The van der Waals surface area contributed by atoms with Crippen LogP contribution in [0.1, 0.15) is 34.1 Å². The Labute approximate surface area is 154 Å². The number of ether oxygens (including phenoxy) is 1. The minimum absolute atomic E-state index is 0.0120. The van der Waals surface area contributed by atoms with Crippen LogP contribution in [0.5, 0.6) is 11.5 Å². The average molecular weight is 383 g/mol. The molecule has 0 radical (unpaired) electrons. The number of aliphatic hydroxyl groups is 3. The molecule has 0 unspecified atom stereocenters. The summed E-state index contributed by atoms with van der Waals surface area (Å²) in [5.74, 6) is 0.668. The van der Waals surface area contributed by atoms with Crippen LogP contribution < -0.4 is 10.2 Å². The van der Waals surface area contributed by atoms with E-state index in [0.717, 1.165) is 5.56 Å². The number of benzene rings is 1. The third-order valence-corrected chi connectivity index (χ3v) is 4.94. The predicted molar refractivity (Wildman–Crippen MR) is 92.6 cm³/mol. The second kappa shape index (κ2) is 7.28. The lowest BCUT2D eigenvalue weighted by molar-refractivity contribution is -0.0756. The van der Waals surface area contributed by atoms with Gasteiger partial charge < -0.3 is 29.6 Å². The molecule has 140 valence electrons. The quantitative estimate of drug-likeness (QED) is 0.586. The van der Waals surface area contributed by atoms with Gasteiger partial charge in [0.05, 0.1) is 12.7 Å². The van der Waals surface area contributed by atoms with E-state index in [1.165, 1.54) is 13.2 Å². The van der Waals surface area contributed by atoms with Gasteiger partial charge in [0.1, 0.15) is 35.2 Å². The maximum absolute atomic E-state index is 12.3. The van der Waals surface area contributed by atoms with Crippen LogP contribution in [0.4, 0.5) is 0 Å². The lowest BCUT2D eigenvalue weighted by Gasteiger charge is -2.32. The Morgan fingerprint density at radius 1 is 1.15 bits per heavy atom. The van der Waals surface area contributed by atoms with Crippen molar-refractivity contribution in [2.75, 3.05) is 7.11 Å². The van der Waals surface area contributed by atoms with Gasteiger partial charge in [-0.15, -0.1) is 11.6 Å². The molecule has 4 N–H and O–H groups in total. The van der Waals surface area contributed by atoms with E-state index in [1.54, 1.807) is 18.2 Å². The summed E-state index contributed by atoms with van der Waals surface area (Å²) in [6, 6.07) is 6.21. The lowest BCUT2D eigenvalue weighted by atomic mass is 9.88. The van der Waals surface area contributed by atoms with Gasteiger partial charge >= 0.3 is 0 Å². The average Bonchev–Trinajstić information content (AvgIpc) is 2.62. The molecule has 3 rings (SSSR count). The summed E-state index contributed by atoms with van der Waals surface area (Å²) < 4.78 is 10.6. The van der Waals surface area contributed by atoms with E-state index in [9.17, 15) is 25.2 Å². The van der Waals surface area contributed by atoms with Gasteiger partial charge in [0.25, 0.3) is 0 Å². The van der Waals surface area contributed by atoms with Gasteiger partial charge in [0.15, 0.2) is 16.9 Å². The number of hydrogen-bond donors (Lipinski definition) is 4. The van der Waals surface area contributed by atoms with E-state index in [4.69, 9.17) is 20.8 Å². The zero-order valence-corrected chi connectivity index (χ0v) is 14.7. The van der Waals surface area contributed by atoms with Crippen molar-refractivity contribution in [1.82, 2.24) is 0 Å². The highest BCUT2D eigenvalue weighted by molar-refractivity contribution is 6.21. The third kappa shape index (κ3) is 3.31. The first-order valence-electron chi connectivity index (χ1n) is 8.04. The number of aryl methyl sites for hydroxylation is 2. The number of fused-ring (bicyclic) bond motifs is 1. The predicted octanol–water partition coefficient (Wildman–Crippen LogP) is 1.19. The maximum atomic E-state index is 12.3. The molecule has 4 atom stereocenters. The molecule has 26 heavy (non-hydrogen) atoms. The molecule has 1 aromatic carbocycles. The van der Waals surface area contributed by atoms with Gasteiger partial charge in [-0.25, -0.2) is 0 Å². The number of rotatable bonds is 4. The first kappa shape index (κ1) is 18.7. The van der Waals surface area contributed by atoms with Gasteiger partial charge in [0, 0.05) is 12.5 Å². The standard InChI is InChI=1S/C18H19ClO7/c1-25-12-5-3-8(6-10(12)20)2-4-9-7-11(21)13-15(22)17(24)16(23)14(19)18(13)26-9/h3,5-7,14-17,20,22-24H,2,4H2,1H3/t14-,15-,16+,17+/m0/s1. The molecule has 1 aliphatic rings. The zero-order chi connectivity index (χ0) is 19.0. The minimum Gasteiger partial charge on any atom is -0.504 e.